The van der Waals surface area contributed by atoms with E-state index in [9.17, 15) is 0 Å². The van der Waals surface area contributed by atoms with Crippen molar-refractivity contribution in [2.24, 2.45) is 10.7 Å². The summed E-state index contributed by atoms with van der Waals surface area (Å²) in [4.78, 5) is 8.66. The van der Waals surface area contributed by atoms with Crippen LogP contribution in [-0.4, -0.2) is 17.5 Å². The summed E-state index contributed by atoms with van der Waals surface area (Å²) >= 11 is 1.54. The second-order valence-corrected chi connectivity index (χ2v) is 4.61. The van der Waals surface area contributed by atoms with Crippen LogP contribution in [-0.2, 0) is 6.54 Å². The van der Waals surface area contributed by atoms with E-state index < -0.39 is 0 Å². The standard InChI is InChI=1S/C12H16N4OS.HI/c1-2-5-14-12(13)15-7-9-8-18-11(16-9)10-4-3-6-17-10;/h3-4,6,8H,2,5,7H2,1H3,(H3,13,14,15);1H. The largest absolute Gasteiger partial charge is 0.462 e. The maximum Gasteiger partial charge on any atom is 0.188 e. The summed E-state index contributed by atoms with van der Waals surface area (Å²) in [7, 11) is 0. The van der Waals surface area contributed by atoms with Gasteiger partial charge in [-0.1, -0.05) is 6.92 Å². The zero-order chi connectivity index (χ0) is 12.8. The molecular formula is C12H17IN4OS. The molecule has 2 heterocycles. The van der Waals surface area contributed by atoms with Gasteiger partial charge in [0.2, 0.25) is 0 Å². The number of nitrogens with one attached hydrogen (secondary N) is 1. The fourth-order valence-electron chi connectivity index (χ4n) is 1.37. The van der Waals surface area contributed by atoms with E-state index in [2.05, 4.69) is 22.2 Å². The summed E-state index contributed by atoms with van der Waals surface area (Å²) in [5.74, 6) is 1.25. The molecule has 2 rings (SSSR count). The average Bonchev–Trinajstić information content (AvgIpc) is 3.03. The molecule has 0 saturated heterocycles. The van der Waals surface area contributed by atoms with E-state index in [1.807, 2.05) is 17.5 Å². The molecule has 2 aromatic rings. The van der Waals surface area contributed by atoms with Crippen LogP contribution in [0.5, 0.6) is 0 Å². The molecule has 2 aromatic heterocycles. The van der Waals surface area contributed by atoms with Crippen LogP contribution in [0.1, 0.15) is 19.0 Å². The van der Waals surface area contributed by atoms with Crippen molar-refractivity contribution >= 4 is 41.3 Å². The molecule has 19 heavy (non-hydrogen) atoms. The van der Waals surface area contributed by atoms with Gasteiger partial charge >= 0.3 is 0 Å². The zero-order valence-electron chi connectivity index (χ0n) is 10.6. The van der Waals surface area contributed by atoms with Gasteiger partial charge < -0.3 is 15.5 Å². The van der Waals surface area contributed by atoms with Crippen molar-refractivity contribution in [3.8, 4) is 10.8 Å². The zero-order valence-corrected chi connectivity index (χ0v) is 13.8. The van der Waals surface area contributed by atoms with Gasteiger partial charge in [-0.2, -0.15) is 0 Å². The van der Waals surface area contributed by atoms with Gasteiger partial charge in [0, 0.05) is 11.9 Å². The normalized spacial score (nSPS) is 11.1. The van der Waals surface area contributed by atoms with E-state index >= 15 is 0 Å². The Morgan fingerprint density at radius 3 is 3.11 bits per heavy atom. The minimum absolute atomic E-state index is 0. The number of nitrogens with two attached hydrogens (primary N) is 1. The SMILES string of the molecule is CCCNC(N)=NCc1csc(-c2ccco2)n1.I. The molecule has 0 bridgehead atoms. The maximum absolute atomic E-state index is 5.70. The van der Waals surface area contributed by atoms with Crippen LogP contribution in [0.3, 0.4) is 0 Å². The molecule has 7 heteroatoms. The molecule has 0 aliphatic carbocycles. The van der Waals surface area contributed by atoms with Crippen LogP contribution in [0.2, 0.25) is 0 Å². The van der Waals surface area contributed by atoms with Crippen LogP contribution in [0.4, 0.5) is 0 Å². The van der Waals surface area contributed by atoms with Crippen LogP contribution in [0.25, 0.3) is 10.8 Å². The Kier molecular flexibility index (Phi) is 6.85. The molecule has 0 spiro atoms. The molecule has 0 aromatic carbocycles. The van der Waals surface area contributed by atoms with Gasteiger partial charge in [0.1, 0.15) is 0 Å². The Morgan fingerprint density at radius 2 is 2.42 bits per heavy atom. The van der Waals surface area contributed by atoms with Crippen molar-refractivity contribution in [1.82, 2.24) is 10.3 Å². The Bertz CT molecular complexity index is 510. The Hall–Kier alpha value is -1.09. The number of hydrogen-bond donors (Lipinski definition) is 2. The Morgan fingerprint density at radius 1 is 1.58 bits per heavy atom. The van der Waals surface area contributed by atoms with Crippen molar-refractivity contribution < 1.29 is 4.42 Å². The van der Waals surface area contributed by atoms with Gasteiger partial charge in [0.15, 0.2) is 16.7 Å². The van der Waals surface area contributed by atoms with Crippen molar-refractivity contribution in [2.45, 2.75) is 19.9 Å². The number of aromatic nitrogens is 1. The highest BCUT2D eigenvalue weighted by molar-refractivity contribution is 14.0. The molecule has 0 saturated carbocycles. The van der Waals surface area contributed by atoms with E-state index in [1.165, 1.54) is 0 Å². The predicted molar refractivity (Wildman–Crippen MR) is 88.9 cm³/mol. The third-order valence-electron chi connectivity index (χ3n) is 2.25. The quantitative estimate of drug-likeness (QED) is 0.466. The van der Waals surface area contributed by atoms with Gasteiger partial charge in [-0.05, 0) is 18.6 Å². The van der Waals surface area contributed by atoms with Crippen LogP contribution in [0, 0.1) is 0 Å². The van der Waals surface area contributed by atoms with E-state index in [-0.39, 0.29) is 24.0 Å². The van der Waals surface area contributed by atoms with E-state index in [4.69, 9.17) is 10.2 Å². The average molecular weight is 392 g/mol. The minimum Gasteiger partial charge on any atom is -0.462 e. The number of guanidine groups is 1. The second-order valence-electron chi connectivity index (χ2n) is 3.75. The summed E-state index contributed by atoms with van der Waals surface area (Å²) in [5, 5.41) is 5.85. The van der Waals surface area contributed by atoms with Gasteiger partial charge in [-0.25, -0.2) is 9.98 Å². The monoisotopic (exact) mass is 392 g/mol. The van der Waals surface area contributed by atoms with Gasteiger partial charge in [0.05, 0.1) is 18.5 Å². The smallest absolute Gasteiger partial charge is 0.188 e. The molecule has 0 aliphatic rings. The number of furan rings is 1. The molecule has 0 radical (unpaired) electrons. The fraction of sp³-hybridized carbons (Fsp3) is 0.333. The number of nitrogens with zero attached hydrogens (tertiary/aromatic N) is 2. The Balaban J connectivity index is 0.00000180. The molecule has 0 atom stereocenters. The maximum atomic E-state index is 5.70. The van der Waals surface area contributed by atoms with Crippen molar-refractivity contribution in [1.29, 1.82) is 0 Å². The van der Waals surface area contributed by atoms with Crippen LogP contribution >= 0.6 is 35.3 Å². The van der Waals surface area contributed by atoms with Gasteiger partial charge in [0.25, 0.3) is 0 Å². The highest BCUT2D eigenvalue weighted by atomic mass is 127. The topological polar surface area (TPSA) is 76.4 Å². The lowest BCUT2D eigenvalue weighted by molar-refractivity contribution is 0.581. The minimum atomic E-state index is 0. The molecule has 3 N–H and O–H groups in total. The summed E-state index contributed by atoms with van der Waals surface area (Å²) in [6, 6.07) is 3.74. The number of thiazole rings is 1. The van der Waals surface area contributed by atoms with Crippen molar-refractivity contribution in [3.05, 3.63) is 29.5 Å². The Labute approximate surface area is 133 Å². The third-order valence-corrected chi connectivity index (χ3v) is 3.16. The van der Waals surface area contributed by atoms with E-state index in [1.54, 1.807) is 17.6 Å². The first-order chi connectivity index (χ1) is 8.79. The molecule has 104 valence electrons. The van der Waals surface area contributed by atoms with Crippen LogP contribution in [0.15, 0.2) is 33.2 Å². The third kappa shape index (κ3) is 4.83. The molecular weight excluding hydrogens is 375 g/mol. The van der Waals surface area contributed by atoms with Gasteiger partial charge in [-0.3, -0.25) is 0 Å². The lowest BCUT2D eigenvalue weighted by Crippen LogP contribution is -2.32. The highest BCUT2D eigenvalue weighted by Gasteiger charge is 2.06. The molecule has 5 nitrogen and oxygen atoms in total. The lowest BCUT2D eigenvalue weighted by atomic mass is 10.4. The molecule has 0 unspecified atom stereocenters. The first-order valence-electron chi connectivity index (χ1n) is 5.81. The lowest BCUT2D eigenvalue weighted by Gasteiger charge is -2.01. The van der Waals surface area contributed by atoms with Crippen LogP contribution < -0.4 is 11.1 Å². The summed E-state index contributed by atoms with van der Waals surface area (Å²) in [6.45, 7) is 3.40. The molecule has 0 amide bonds. The molecule has 0 aliphatic heterocycles. The van der Waals surface area contributed by atoms with E-state index in [0.717, 1.165) is 29.4 Å². The number of aliphatic imine (C=N–C) groups is 1. The predicted octanol–water partition coefficient (Wildman–Crippen LogP) is 2.84. The van der Waals surface area contributed by atoms with Gasteiger partial charge in [-0.15, -0.1) is 35.3 Å². The summed E-state index contributed by atoms with van der Waals surface area (Å²) < 4.78 is 5.29. The molecule has 0 fully saturated rings. The highest BCUT2D eigenvalue weighted by Crippen LogP contribution is 2.24. The summed E-state index contributed by atoms with van der Waals surface area (Å²) in [6.07, 6.45) is 2.66. The first kappa shape index (κ1) is 16.0. The fourth-order valence-corrected chi connectivity index (χ4v) is 2.15. The first-order valence-corrected chi connectivity index (χ1v) is 6.69. The second kappa shape index (κ2) is 8.16. The van der Waals surface area contributed by atoms with E-state index in [0.29, 0.717) is 12.5 Å². The number of rotatable bonds is 5. The van der Waals surface area contributed by atoms with Crippen molar-refractivity contribution in [2.75, 3.05) is 6.54 Å². The number of hydrogen-bond acceptors (Lipinski definition) is 4. The number of halogens is 1. The summed E-state index contributed by atoms with van der Waals surface area (Å²) in [5.41, 5.74) is 6.60. The van der Waals surface area contributed by atoms with Crippen molar-refractivity contribution in [3.63, 3.8) is 0 Å².